The third-order valence-electron chi connectivity index (χ3n) is 5.99. The molecule has 0 unspecified atom stereocenters. The van der Waals surface area contributed by atoms with Crippen LogP contribution in [0.2, 0.25) is 0 Å². The van der Waals surface area contributed by atoms with E-state index in [9.17, 15) is 24.5 Å². The molecule has 0 heterocycles. The van der Waals surface area contributed by atoms with Gasteiger partial charge in [0, 0.05) is 36.3 Å². The van der Waals surface area contributed by atoms with Crippen LogP contribution < -0.4 is 16.0 Å². The lowest BCUT2D eigenvalue weighted by atomic mass is 10.0. The van der Waals surface area contributed by atoms with Crippen LogP contribution in [-0.4, -0.2) is 35.2 Å². The molecule has 9 heteroatoms. The molecule has 1 atom stereocenters. The number of hydrogen-bond acceptors (Lipinski definition) is 5. The molecule has 0 saturated heterocycles. The van der Waals surface area contributed by atoms with Crippen molar-refractivity contribution in [1.29, 1.82) is 0 Å². The largest absolute Gasteiger partial charge is 0.353 e. The number of rotatable bonds is 10. The van der Waals surface area contributed by atoms with Gasteiger partial charge < -0.3 is 16.0 Å². The first-order chi connectivity index (χ1) is 18.4. The second kappa shape index (κ2) is 12.3. The van der Waals surface area contributed by atoms with Crippen molar-refractivity contribution in [2.45, 2.75) is 18.9 Å². The number of carbonyl (C=O) groups is 3. The molecular formula is C29H26N4O5. The van der Waals surface area contributed by atoms with Gasteiger partial charge in [0.2, 0.25) is 11.8 Å². The van der Waals surface area contributed by atoms with Gasteiger partial charge in [0.15, 0.2) is 0 Å². The maximum absolute atomic E-state index is 13.2. The summed E-state index contributed by atoms with van der Waals surface area (Å²) >= 11 is 0. The molecular weight excluding hydrogens is 484 g/mol. The monoisotopic (exact) mass is 510 g/mol. The molecule has 3 N–H and O–H groups in total. The molecule has 4 aromatic carbocycles. The van der Waals surface area contributed by atoms with Crippen LogP contribution in [0.1, 0.15) is 22.3 Å². The second-order valence-electron chi connectivity index (χ2n) is 8.64. The molecule has 38 heavy (non-hydrogen) atoms. The van der Waals surface area contributed by atoms with Crippen molar-refractivity contribution in [2.75, 3.05) is 11.9 Å². The highest BCUT2D eigenvalue weighted by atomic mass is 16.6. The number of amides is 3. The standard InChI is InChI=1S/C29H26N4O5/c34-27(18-15-20-13-16-23(17-14-20)33(37)38)30-19-26(29(36)31-22-9-2-1-3-10-22)32-28(35)25-12-6-8-21-7-4-5-11-24(21)25/h1-14,16-17,26H,15,18-19H2,(H,30,34)(H,31,36)(H,32,35)/t26-/m0/s1. The molecule has 0 aliphatic heterocycles. The number of carbonyl (C=O) groups excluding carboxylic acids is 3. The Balaban J connectivity index is 1.43. The third kappa shape index (κ3) is 6.79. The Hall–Kier alpha value is -5.05. The summed E-state index contributed by atoms with van der Waals surface area (Å²) in [7, 11) is 0. The summed E-state index contributed by atoms with van der Waals surface area (Å²) in [4.78, 5) is 49.2. The van der Waals surface area contributed by atoms with Gasteiger partial charge >= 0.3 is 0 Å². The molecule has 0 aromatic heterocycles. The van der Waals surface area contributed by atoms with Crippen LogP contribution >= 0.6 is 0 Å². The molecule has 0 bridgehead atoms. The van der Waals surface area contributed by atoms with Crippen molar-refractivity contribution >= 4 is 39.9 Å². The SMILES string of the molecule is O=C(CCc1ccc([N+](=O)[O-])cc1)NC[C@H](NC(=O)c1cccc2ccccc12)C(=O)Nc1ccccc1. The minimum atomic E-state index is -1.04. The summed E-state index contributed by atoms with van der Waals surface area (Å²) in [6.07, 6.45) is 0.481. The minimum absolute atomic E-state index is 0.0209. The van der Waals surface area contributed by atoms with E-state index in [2.05, 4.69) is 16.0 Å². The highest BCUT2D eigenvalue weighted by Crippen LogP contribution is 2.19. The first kappa shape index (κ1) is 26.0. The Morgan fingerprint density at radius 1 is 0.816 bits per heavy atom. The number of nitro benzene ring substituents is 1. The molecule has 192 valence electrons. The molecule has 4 rings (SSSR count). The zero-order valence-corrected chi connectivity index (χ0v) is 20.4. The van der Waals surface area contributed by atoms with Gasteiger partial charge in [-0.05, 0) is 41.0 Å². The maximum atomic E-state index is 13.2. The number of nitrogens with zero attached hydrogens (tertiary/aromatic N) is 1. The van der Waals surface area contributed by atoms with Crippen LogP contribution in [0.3, 0.4) is 0 Å². The van der Waals surface area contributed by atoms with Gasteiger partial charge in [-0.25, -0.2) is 0 Å². The predicted molar refractivity (Wildman–Crippen MR) is 145 cm³/mol. The zero-order chi connectivity index (χ0) is 26.9. The first-order valence-electron chi connectivity index (χ1n) is 12.1. The summed E-state index contributed by atoms with van der Waals surface area (Å²) in [5, 5.41) is 20.7. The van der Waals surface area contributed by atoms with E-state index in [1.54, 1.807) is 48.5 Å². The number of para-hydroxylation sites is 1. The smallest absolute Gasteiger partial charge is 0.269 e. The molecule has 0 aliphatic rings. The number of nitrogens with one attached hydrogen (secondary N) is 3. The average molecular weight is 511 g/mol. The number of non-ortho nitro benzene ring substituents is 1. The Labute approximate surface area is 219 Å². The fraction of sp³-hybridized carbons (Fsp3) is 0.138. The summed E-state index contributed by atoms with van der Waals surface area (Å²) in [5.41, 5.74) is 1.73. The summed E-state index contributed by atoms with van der Waals surface area (Å²) in [5.74, 6) is -1.23. The van der Waals surface area contributed by atoms with Crippen LogP contribution in [0.25, 0.3) is 10.8 Å². The molecule has 0 radical (unpaired) electrons. The Morgan fingerprint density at radius 2 is 1.50 bits per heavy atom. The summed E-state index contributed by atoms with van der Waals surface area (Å²) in [6, 6.07) is 26.6. The third-order valence-corrected chi connectivity index (χ3v) is 5.99. The number of benzene rings is 4. The minimum Gasteiger partial charge on any atom is -0.353 e. The van der Waals surface area contributed by atoms with Crippen LogP contribution in [0.4, 0.5) is 11.4 Å². The molecule has 0 aliphatic carbocycles. The average Bonchev–Trinajstić information content (AvgIpc) is 2.94. The maximum Gasteiger partial charge on any atom is 0.269 e. The molecule has 4 aromatic rings. The van der Waals surface area contributed by atoms with Gasteiger partial charge in [-0.15, -0.1) is 0 Å². The number of aryl methyl sites for hydroxylation is 1. The van der Waals surface area contributed by atoms with Crippen LogP contribution in [0.15, 0.2) is 97.1 Å². The molecule has 3 amide bonds. The molecule has 0 spiro atoms. The van der Waals surface area contributed by atoms with E-state index in [0.717, 1.165) is 16.3 Å². The normalized spacial score (nSPS) is 11.4. The van der Waals surface area contributed by atoms with Gasteiger partial charge in [0.1, 0.15) is 6.04 Å². The fourth-order valence-corrected chi connectivity index (χ4v) is 3.97. The van der Waals surface area contributed by atoms with Gasteiger partial charge in [-0.1, -0.05) is 66.7 Å². The van der Waals surface area contributed by atoms with Crippen molar-refractivity contribution in [2.24, 2.45) is 0 Å². The van der Waals surface area contributed by atoms with E-state index in [1.807, 2.05) is 36.4 Å². The van der Waals surface area contributed by atoms with E-state index in [-0.39, 0.29) is 24.6 Å². The van der Waals surface area contributed by atoms with Crippen LogP contribution in [-0.2, 0) is 16.0 Å². The number of hydrogen-bond donors (Lipinski definition) is 3. The van der Waals surface area contributed by atoms with Crippen molar-refractivity contribution < 1.29 is 19.3 Å². The van der Waals surface area contributed by atoms with E-state index in [0.29, 0.717) is 17.7 Å². The van der Waals surface area contributed by atoms with E-state index in [4.69, 9.17) is 0 Å². The van der Waals surface area contributed by atoms with E-state index < -0.39 is 22.8 Å². The first-order valence-corrected chi connectivity index (χ1v) is 12.1. The van der Waals surface area contributed by atoms with Gasteiger partial charge in [-0.3, -0.25) is 24.5 Å². The van der Waals surface area contributed by atoms with Gasteiger partial charge in [0.25, 0.3) is 11.6 Å². The highest BCUT2D eigenvalue weighted by Gasteiger charge is 2.23. The topological polar surface area (TPSA) is 130 Å². The number of fused-ring (bicyclic) bond motifs is 1. The second-order valence-corrected chi connectivity index (χ2v) is 8.64. The Kier molecular flexibility index (Phi) is 8.40. The Morgan fingerprint density at radius 3 is 2.24 bits per heavy atom. The lowest BCUT2D eigenvalue weighted by molar-refractivity contribution is -0.384. The number of anilines is 1. The van der Waals surface area contributed by atoms with Crippen molar-refractivity contribution in [3.05, 3.63) is 118 Å². The fourth-order valence-electron chi connectivity index (χ4n) is 3.97. The molecule has 0 saturated carbocycles. The van der Waals surface area contributed by atoms with E-state index in [1.165, 1.54) is 12.1 Å². The lowest BCUT2D eigenvalue weighted by Gasteiger charge is -2.20. The highest BCUT2D eigenvalue weighted by molar-refractivity contribution is 6.09. The van der Waals surface area contributed by atoms with Crippen molar-refractivity contribution in [3.8, 4) is 0 Å². The Bertz CT molecular complexity index is 1450. The van der Waals surface area contributed by atoms with Crippen LogP contribution in [0.5, 0.6) is 0 Å². The van der Waals surface area contributed by atoms with Gasteiger partial charge in [0.05, 0.1) is 4.92 Å². The van der Waals surface area contributed by atoms with Gasteiger partial charge in [-0.2, -0.15) is 0 Å². The molecule has 0 fully saturated rings. The molecule has 9 nitrogen and oxygen atoms in total. The van der Waals surface area contributed by atoms with Crippen LogP contribution in [0, 0.1) is 10.1 Å². The van der Waals surface area contributed by atoms with Crippen molar-refractivity contribution in [3.63, 3.8) is 0 Å². The predicted octanol–water partition coefficient (Wildman–Crippen LogP) is 4.23. The summed E-state index contributed by atoms with van der Waals surface area (Å²) in [6.45, 7) is -0.117. The number of nitro groups is 1. The summed E-state index contributed by atoms with van der Waals surface area (Å²) < 4.78 is 0. The van der Waals surface area contributed by atoms with Crippen molar-refractivity contribution in [1.82, 2.24) is 10.6 Å². The lowest BCUT2D eigenvalue weighted by Crippen LogP contribution is -2.50. The quantitative estimate of drug-likeness (QED) is 0.217. The van der Waals surface area contributed by atoms with E-state index >= 15 is 0 Å². The zero-order valence-electron chi connectivity index (χ0n) is 20.4.